The molecule has 0 bridgehead atoms. The number of aryl methyl sites for hydroxylation is 1. The van der Waals surface area contributed by atoms with Crippen molar-refractivity contribution in [3.05, 3.63) is 17.5 Å². The molecule has 2 heterocycles. The molecule has 1 atom stereocenters. The van der Waals surface area contributed by atoms with Crippen molar-refractivity contribution < 1.29 is 4.79 Å². The van der Waals surface area contributed by atoms with Crippen LogP contribution < -0.4 is 16.4 Å². The third kappa shape index (κ3) is 3.13. The van der Waals surface area contributed by atoms with E-state index in [0.29, 0.717) is 24.6 Å². The Morgan fingerprint density at radius 2 is 2.39 bits per heavy atom. The zero-order chi connectivity index (χ0) is 13.1. The molecule has 1 aliphatic heterocycles. The molecule has 2 rings (SSSR count). The summed E-state index contributed by atoms with van der Waals surface area (Å²) in [5, 5.41) is 5.98. The van der Waals surface area contributed by atoms with E-state index < -0.39 is 0 Å². The van der Waals surface area contributed by atoms with Crippen molar-refractivity contribution in [1.29, 1.82) is 0 Å². The fourth-order valence-electron chi connectivity index (χ4n) is 1.80. The number of nitrogens with two attached hydrogens (primary N) is 1. The van der Waals surface area contributed by atoms with Gasteiger partial charge in [0, 0.05) is 24.7 Å². The minimum Gasteiger partial charge on any atom is -0.388 e. The molecule has 1 amide bonds. The lowest BCUT2D eigenvalue weighted by Crippen LogP contribution is -2.42. The first-order chi connectivity index (χ1) is 8.54. The van der Waals surface area contributed by atoms with Gasteiger partial charge in [0.2, 0.25) is 11.9 Å². The van der Waals surface area contributed by atoms with Crippen molar-refractivity contribution in [1.82, 2.24) is 15.3 Å². The molecule has 1 saturated heterocycles. The van der Waals surface area contributed by atoms with E-state index in [9.17, 15) is 4.79 Å². The van der Waals surface area contributed by atoms with Gasteiger partial charge in [-0.3, -0.25) is 4.79 Å². The summed E-state index contributed by atoms with van der Waals surface area (Å²) < 4.78 is 0. The number of thiocarbonyl (C=S) groups is 1. The van der Waals surface area contributed by atoms with Gasteiger partial charge in [-0.1, -0.05) is 12.2 Å². The predicted octanol–water partition coefficient (Wildman–Crippen LogP) is 0.110. The summed E-state index contributed by atoms with van der Waals surface area (Å²) in [7, 11) is 0. The van der Waals surface area contributed by atoms with Crippen LogP contribution >= 0.6 is 12.2 Å². The fraction of sp³-hybridized carbons (Fsp3) is 0.455. The van der Waals surface area contributed by atoms with Gasteiger partial charge in [0.05, 0.1) is 0 Å². The Hall–Kier alpha value is -1.76. The summed E-state index contributed by atoms with van der Waals surface area (Å²) >= 11 is 4.90. The van der Waals surface area contributed by atoms with Gasteiger partial charge in [-0.25, -0.2) is 9.97 Å². The zero-order valence-corrected chi connectivity index (χ0v) is 10.9. The lowest BCUT2D eigenvalue weighted by atomic mass is 10.1. The number of carbonyl (C=O) groups excluding carboxylic acids is 1. The van der Waals surface area contributed by atoms with Crippen LogP contribution in [0.4, 0.5) is 5.95 Å². The van der Waals surface area contributed by atoms with E-state index in [-0.39, 0.29) is 16.9 Å². The Kier molecular flexibility index (Phi) is 3.71. The zero-order valence-electron chi connectivity index (χ0n) is 10.1. The molecule has 18 heavy (non-hydrogen) atoms. The number of rotatable bonds is 3. The van der Waals surface area contributed by atoms with E-state index in [1.54, 1.807) is 6.07 Å². The second kappa shape index (κ2) is 5.26. The molecule has 1 aromatic heterocycles. The summed E-state index contributed by atoms with van der Waals surface area (Å²) in [5.41, 5.74) is 6.92. The Bertz CT molecular complexity index is 480. The molecule has 0 radical (unpaired) electrons. The van der Waals surface area contributed by atoms with Crippen LogP contribution in [-0.2, 0) is 4.79 Å². The Morgan fingerprint density at radius 1 is 1.61 bits per heavy atom. The maximum atomic E-state index is 11.1. The number of piperidine rings is 1. The molecule has 0 aliphatic carbocycles. The lowest BCUT2D eigenvalue weighted by Gasteiger charge is -2.23. The summed E-state index contributed by atoms with van der Waals surface area (Å²) in [4.78, 5) is 19.8. The van der Waals surface area contributed by atoms with Crippen LogP contribution in [-0.4, -0.2) is 33.5 Å². The number of aromatic nitrogens is 2. The maximum absolute atomic E-state index is 11.1. The van der Waals surface area contributed by atoms with Crippen molar-refractivity contribution in [3.8, 4) is 0 Å². The maximum Gasteiger partial charge on any atom is 0.223 e. The summed E-state index contributed by atoms with van der Waals surface area (Å²) in [5.74, 6) is 0.584. The number of anilines is 1. The predicted molar refractivity (Wildman–Crippen MR) is 72.3 cm³/mol. The number of nitrogens with one attached hydrogen (secondary N) is 2. The van der Waals surface area contributed by atoms with Crippen molar-refractivity contribution in [2.45, 2.75) is 25.8 Å². The molecule has 0 saturated carbocycles. The molecular weight excluding hydrogens is 250 g/mol. The number of nitrogens with zero attached hydrogens (tertiary/aromatic N) is 2. The molecule has 0 aromatic carbocycles. The Labute approximate surface area is 110 Å². The quantitative estimate of drug-likeness (QED) is 0.672. The molecule has 0 spiro atoms. The minimum absolute atomic E-state index is 0.0852. The number of amides is 1. The summed E-state index contributed by atoms with van der Waals surface area (Å²) in [6, 6.07) is 1.89. The van der Waals surface area contributed by atoms with Gasteiger partial charge in [-0.05, 0) is 19.4 Å². The third-order valence-corrected chi connectivity index (χ3v) is 2.91. The van der Waals surface area contributed by atoms with E-state index in [1.807, 2.05) is 6.92 Å². The molecule has 96 valence electrons. The molecule has 1 unspecified atom stereocenters. The van der Waals surface area contributed by atoms with Crippen molar-refractivity contribution in [3.63, 3.8) is 0 Å². The molecule has 1 fully saturated rings. The van der Waals surface area contributed by atoms with Crippen molar-refractivity contribution >= 4 is 29.1 Å². The summed E-state index contributed by atoms with van der Waals surface area (Å²) in [6.07, 6.45) is 1.29. The van der Waals surface area contributed by atoms with Crippen LogP contribution in [0.25, 0.3) is 0 Å². The van der Waals surface area contributed by atoms with E-state index in [2.05, 4.69) is 20.6 Å². The molecular formula is C11H15N5OS. The van der Waals surface area contributed by atoms with Gasteiger partial charge in [0.25, 0.3) is 0 Å². The number of carbonyl (C=O) groups is 1. The standard InChI is InChI=1S/C11H15N5OS/c1-6-4-8(10(12)18)16-11(14-6)15-7-2-3-9(17)13-5-7/h4,7H,2-3,5H2,1H3,(H2,12,18)(H,13,17)(H,14,15,16). The molecule has 4 N–H and O–H groups in total. The van der Waals surface area contributed by atoms with Crippen LogP contribution in [0.5, 0.6) is 0 Å². The third-order valence-electron chi connectivity index (χ3n) is 2.71. The van der Waals surface area contributed by atoms with Crippen LogP contribution in [0.1, 0.15) is 24.2 Å². The molecule has 7 heteroatoms. The highest BCUT2D eigenvalue weighted by atomic mass is 32.1. The fourth-order valence-corrected chi connectivity index (χ4v) is 1.90. The topological polar surface area (TPSA) is 92.9 Å². The van der Waals surface area contributed by atoms with Gasteiger partial charge in [0.15, 0.2) is 0 Å². The second-order valence-electron chi connectivity index (χ2n) is 4.27. The summed E-state index contributed by atoms with van der Waals surface area (Å²) in [6.45, 7) is 2.44. The van der Waals surface area contributed by atoms with E-state index in [1.165, 1.54) is 0 Å². The Morgan fingerprint density at radius 3 is 3.00 bits per heavy atom. The highest BCUT2D eigenvalue weighted by molar-refractivity contribution is 7.80. The average molecular weight is 265 g/mol. The molecule has 1 aromatic rings. The number of hydrogen-bond acceptors (Lipinski definition) is 5. The van der Waals surface area contributed by atoms with Crippen LogP contribution in [0.2, 0.25) is 0 Å². The largest absolute Gasteiger partial charge is 0.388 e. The first kappa shape index (κ1) is 12.7. The van der Waals surface area contributed by atoms with E-state index in [0.717, 1.165) is 12.1 Å². The van der Waals surface area contributed by atoms with Gasteiger partial charge in [0.1, 0.15) is 10.7 Å². The number of hydrogen-bond donors (Lipinski definition) is 3. The van der Waals surface area contributed by atoms with Gasteiger partial charge < -0.3 is 16.4 Å². The lowest BCUT2D eigenvalue weighted by molar-refractivity contribution is -0.122. The monoisotopic (exact) mass is 265 g/mol. The van der Waals surface area contributed by atoms with Crippen LogP contribution in [0.3, 0.4) is 0 Å². The van der Waals surface area contributed by atoms with Crippen LogP contribution in [0, 0.1) is 6.92 Å². The minimum atomic E-state index is 0.0852. The first-order valence-corrected chi connectivity index (χ1v) is 6.14. The highest BCUT2D eigenvalue weighted by Crippen LogP contribution is 2.10. The van der Waals surface area contributed by atoms with E-state index >= 15 is 0 Å². The second-order valence-corrected chi connectivity index (χ2v) is 4.71. The molecule has 1 aliphatic rings. The highest BCUT2D eigenvalue weighted by Gasteiger charge is 2.18. The average Bonchev–Trinajstić information content (AvgIpc) is 2.31. The SMILES string of the molecule is Cc1cc(C(N)=S)nc(NC2CCC(=O)NC2)n1. The first-order valence-electron chi connectivity index (χ1n) is 5.73. The molecule has 6 nitrogen and oxygen atoms in total. The van der Waals surface area contributed by atoms with Crippen molar-refractivity contribution in [2.75, 3.05) is 11.9 Å². The normalized spacial score (nSPS) is 19.2. The van der Waals surface area contributed by atoms with Gasteiger partial charge in [-0.2, -0.15) is 0 Å². The van der Waals surface area contributed by atoms with Gasteiger partial charge >= 0.3 is 0 Å². The van der Waals surface area contributed by atoms with Crippen LogP contribution in [0.15, 0.2) is 6.07 Å². The smallest absolute Gasteiger partial charge is 0.223 e. The van der Waals surface area contributed by atoms with Crippen molar-refractivity contribution in [2.24, 2.45) is 5.73 Å². The Balaban J connectivity index is 2.09. The van der Waals surface area contributed by atoms with Gasteiger partial charge in [-0.15, -0.1) is 0 Å². The van der Waals surface area contributed by atoms with E-state index in [4.69, 9.17) is 18.0 Å².